The predicted molar refractivity (Wildman–Crippen MR) is 70.9 cm³/mol. The summed E-state index contributed by atoms with van der Waals surface area (Å²) in [7, 11) is -3.84. The Morgan fingerprint density at radius 2 is 1.68 bits per heavy atom. The number of sulfonamides is 1. The van der Waals surface area contributed by atoms with Gasteiger partial charge < -0.3 is 5.73 Å². The highest BCUT2D eigenvalue weighted by Gasteiger charge is 2.22. The van der Waals surface area contributed by atoms with Crippen molar-refractivity contribution in [2.45, 2.75) is 32.6 Å². The van der Waals surface area contributed by atoms with Crippen molar-refractivity contribution in [1.29, 1.82) is 0 Å². The Balaban J connectivity index is 3.18. The molecule has 106 valence electrons. The molecule has 19 heavy (non-hydrogen) atoms. The molecule has 0 aliphatic rings. The maximum Gasteiger partial charge on any atom is 0.263 e. The van der Waals surface area contributed by atoms with Gasteiger partial charge >= 0.3 is 0 Å². The molecule has 0 aliphatic carbocycles. The minimum atomic E-state index is -3.84. The van der Waals surface area contributed by atoms with E-state index in [1.54, 1.807) is 13.8 Å². The zero-order valence-corrected chi connectivity index (χ0v) is 12.2. The molecule has 0 heterocycles. The lowest BCUT2D eigenvalue weighted by molar-refractivity contribution is -0.123. The van der Waals surface area contributed by atoms with Crippen molar-refractivity contribution >= 4 is 15.9 Å². The zero-order valence-electron chi connectivity index (χ0n) is 11.4. The Morgan fingerprint density at radius 1 is 1.21 bits per heavy atom. The van der Waals surface area contributed by atoms with Crippen molar-refractivity contribution in [2.24, 2.45) is 5.73 Å². The molecule has 3 N–H and O–H groups in total. The Kier molecular flexibility index (Phi) is 4.67. The van der Waals surface area contributed by atoms with Gasteiger partial charge in [-0.15, -0.1) is 0 Å². The summed E-state index contributed by atoms with van der Waals surface area (Å²) >= 11 is 0. The Hall–Kier alpha value is -1.44. The monoisotopic (exact) mass is 286 g/mol. The lowest BCUT2D eigenvalue weighted by Gasteiger charge is -2.15. The fourth-order valence-corrected chi connectivity index (χ4v) is 3.23. The molecule has 6 nitrogen and oxygen atoms in total. The molecule has 0 spiro atoms. The molecule has 7 heteroatoms. The standard InChI is InChI=1S/C12H18N2O4S/c1-7-5-8(2)10(4)12(9(7)3)19(16,17)14-18-6-11(13)15/h5,14H,6H2,1-4H3,(H2,13,15). The quantitative estimate of drug-likeness (QED) is 0.775. The van der Waals surface area contributed by atoms with E-state index < -0.39 is 22.5 Å². The molecule has 0 radical (unpaired) electrons. The van der Waals surface area contributed by atoms with Crippen molar-refractivity contribution < 1.29 is 18.0 Å². The van der Waals surface area contributed by atoms with Crippen LogP contribution in [0.5, 0.6) is 0 Å². The molecule has 0 atom stereocenters. The number of carbonyl (C=O) groups is 1. The van der Waals surface area contributed by atoms with E-state index in [-0.39, 0.29) is 4.90 Å². The van der Waals surface area contributed by atoms with Gasteiger partial charge in [-0.05, 0) is 49.9 Å². The maximum atomic E-state index is 12.2. The predicted octanol–water partition coefficient (Wildman–Crippen LogP) is 0.615. The number of aryl methyl sites for hydroxylation is 2. The van der Waals surface area contributed by atoms with Crippen molar-refractivity contribution in [2.75, 3.05) is 6.61 Å². The number of nitrogens with two attached hydrogens (primary N) is 1. The van der Waals surface area contributed by atoms with E-state index in [9.17, 15) is 13.2 Å². The van der Waals surface area contributed by atoms with Gasteiger partial charge in [-0.25, -0.2) is 8.42 Å². The van der Waals surface area contributed by atoms with E-state index in [1.165, 1.54) is 0 Å². The summed E-state index contributed by atoms with van der Waals surface area (Å²) in [5, 5.41) is 0. The molecule has 1 aromatic rings. The van der Waals surface area contributed by atoms with Crippen LogP contribution >= 0.6 is 0 Å². The van der Waals surface area contributed by atoms with E-state index in [0.29, 0.717) is 11.1 Å². The lowest BCUT2D eigenvalue weighted by atomic mass is 10.0. The van der Waals surface area contributed by atoms with Gasteiger partial charge in [0.2, 0.25) is 5.91 Å². The lowest BCUT2D eigenvalue weighted by Crippen LogP contribution is -2.30. The molecule has 0 saturated heterocycles. The third kappa shape index (κ3) is 3.52. The number of hydrogen-bond donors (Lipinski definition) is 2. The normalized spacial score (nSPS) is 11.6. The first-order chi connectivity index (χ1) is 8.66. The van der Waals surface area contributed by atoms with E-state index >= 15 is 0 Å². The summed E-state index contributed by atoms with van der Waals surface area (Å²) in [6.45, 7) is 6.62. The van der Waals surface area contributed by atoms with Crippen LogP contribution in [0.15, 0.2) is 11.0 Å². The number of rotatable bonds is 5. The van der Waals surface area contributed by atoms with E-state index in [0.717, 1.165) is 11.1 Å². The van der Waals surface area contributed by atoms with Crippen LogP contribution in [0.25, 0.3) is 0 Å². The minimum Gasteiger partial charge on any atom is -0.368 e. The van der Waals surface area contributed by atoms with Crippen LogP contribution in [0.4, 0.5) is 0 Å². The summed E-state index contributed by atoms with van der Waals surface area (Å²) in [5.41, 5.74) is 7.92. The largest absolute Gasteiger partial charge is 0.368 e. The van der Waals surface area contributed by atoms with Gasteiger partial charge in [0, 0.05) is 0 Å². The molecule has 1 rings (SSSR count). The van der Waals surface area contributed by atoms with Gasteiger partial charge in [0.25, 0.3) is 10.0 Å². The number of benzene rings is 1. The van der Waals surface area contributed by atoms with E-state index in [1.807, 2.05) is 24.8 Å². The van der Waals surface area contributed by atoms with Crippen molar-refractivity contribution in [3.8, 4) is 0 Å². The first-order valence-corrected chi connectivity index (χ1v) is 7.14. The summed E-state index contributed by atoms with van der Waals surface area (Å²) in [4.78, 5) is 17.2. The SMILES string of the molecule is Cc1cc(C)c(C)c(S(=O)(=O)NOCC(N)=O)c1C. The van der Waals surface area contributed by atoms with E-state index in [4.69, 9.17) is 5.73 Å². The molecule has 0 unspecified atom stereocenters. The van der Waals surface area contributed by atoms with Crippen molar-refractivity contribution in [1.82, 2.24) is 4.89 Å². The molecule has 0 bridgehead atoms. The van der Waals surface area contributed by atoms with Gasteiger partial charge in [-0.1, -0.05) is 11.0 Å². The van der Waals surface area contributed by atoms with Gasteiger partial charge in [0.15, 0.2) is 0 Å². The van der Waals surface area contributed by atoms with Crippen LogP contribution in [0.1, 0.15) is 22.3 Å². The minimum absolute atomic E-state index is 0.175. The number of primary amides is 1. The maximum absolute atomic E-state index is 12.2. The first-order valence-electron chi connectivity index (χ1n) is 5.66. The van der Waals surface area contributed by atoms with Crippen molar-refractivity contribution in [3.63, 3.8) is 0 Å². The fourth-order valence-electron chi connectivity index (χ4n) is 1.80. The van der Waals surface area contributed by atoms with Gasteiger partial charge in [-0.2, -0.15) is 0 Å². The molecule has 1 amide bonds. The number of carbonyl (C=O) groups excluding carboxylic acids is 1. The third-order valence-corrected chi connectivity index (χ3v) is 4.44. The number of amides is 1. The third-order valence-electron chi connectivity index (χ3n) is 2.95. The van der Waals surface area contributed by atoms with Crippen LogP contribution in [0.3, 0.4) is 0 Å². The zero-order chi connectivity index (χ0) is 14.8. The van der Waals surface area contributed by atoms with Crippen LogP contribution in [-0.4, -0.2) is 20.9 Å². The van der Waals surface area contributed by atoms with Crippen LogP contribution < -0.4 is 10.6 Å². The van der Waals surface area contributed by atoms with Crippen molar-refractivity contribution in [3.05, 3.63) is 28.3 Å². The van der Waals surface area contributed by atoms with Gasteiger partial charge in [0.05, 0.1) is 4.90 Å². The molecule has 0 fully saturated rings. The highest BCUT2D eigenvalue weighted by Crippen LogP contribution is 2.25. The second-order valence-corrected chi connectivity index (χ2v) is 6.01. The summed E-state index contributed by atoms with van der Waals surface area (Å²) in [5.74, 6) is -0.753. The number of nitrogens with one attached hydrogen (secondary N) is 1. The average Bonchev–Trinajstić information content (AvgIpc) is 2.25. The highest BCUT2D eigenvalue weighted by molar-refractivity contribution is 7.89. The molecule has 0 saturated carbocycles. The first kappa shape index (κ1) is 15.6. The fraction of sp³-hybridized carbons (Fsp3) is 0.417. The summed E-state index contributed by atoms with van der Waals surface area (Å²) in [6.07, 6.45) is 0. The van der Waals surface area contributed by atoms with Crippen LogP contribution in [-0.2, 0) is 19.7 Å². The van der Waals surface area contributed by atoms with Crippen LogP contribution in [0.2, 0.25) is 0 Å². The summed E-state index contributed by atoms with van der Waals surface area (Å²) < 4.78 is 24.3. The Bertz CT molecular complexity index is 582. The molecule has 0 aromatic heterocycles. The van der Waals surface area contributed by atoms with Gasteiger partial charge in [0.1, 0.15) is 6.61 Å². The number of hydrogen-bond acceptors (Lipinski definition) is 4. The molecular weight excluding hydrogens is 268 g/mol. The molecule has 1 aromatic carbocycles. The van der Waals surface area contributed by atoms with E-state index in [2.05, 4.69) is 4.84 Å². The Morgan fingerprint density at radius 3 is 2.11 bits per heavy atom. The average molecular weight is 286 g/mol. The molecule has 0 aliphatic heterocycles. The smallest absolute Gasteiger partial charge is 0.263 e. The highest BCUT2D eigenvalue weighted by atomic mass is 32.2. The van der Waals surface area contributed by atoms with Gasteiger partial charge in [-0.3, -0.25) is 9.63 Å². The van der Waals surface area contributed by atoms with Crippen LogP contribution in [0, 0.1) is 27.7 Å². The topological polar surface area (TPSA) is 98.5 Å². The Labute approximate surface area is 113 Å². The second-order valence-electron chi connectivity index (χ2n) is 4.43. The summed E-state index contributed by atoms with van der Waals surface area (Å²) in [6, 6.07) is 1.92. The molecular formula is C12H18N2O4S. The second kappa shape index (κ2) is 5.68.